The van der Waals surface area contributed by atoms with E-state index in [1.807, 2.05) is 37.3 Å². The second kappa shape index (κ2) is 12.6. The van der Waals surface area contributed by atoms with Gasteiger partial charge in [-0.3, -0.25) is 29.2 Å². The fraction of sp³-hybridized carbons (Fsp3) is 0.516. The molecule has 1 spiro atoms. The highest BCUT2D eigenvalue weighted by atomic mass is 19.1. The maximum atomic E-state index is 15.4. The molecule has 2 aromatic rings. The van der Waals surface area contributed by atoms with Gasteiger partial charge in [-0.1, -0.05) is 30.4 Å². The minimum atomic E-state index is -2.30. The third-order valence-corrected chi connectivity index (χ3v) is 8.01. The van der Waals surface area contributed by atoms with E-state index >= 15 is 4.39 Å². The van der Waals surface area contributed by atoms with Gasteiger partial charge in [0.25, 0.3) is 11.8 Å². The summed E-state index contributed by atoms with van der Waals surface area (Å²) in [5.41, 5.74) is 1.20. The fourth-order valence-corrected chi connectivity index (χ4v) is 5.42. The molecule has 0 unspecified atom stereocenters. The Morgan fingerprint density at radius 3 is 2.43 bits per heavy atom. The van der Waals surface area contributed by atoms with Crippen molar-refractivity contribution in [3.8, 4) is 0 Å². The third-order valence-electron chi connectivity index (χ3n) is 8.01. The van der Waals surface area contributed by atoms with E-state index in [9.17, 15) is 19.2 Å². The lowest BCUT2D eigenvalue weighted by atomic mass is 9.88. The highest BCUT2D eigenvalue weighted by Gasteiger charge is 2.47. The van der Waals surface area contributed by atoms with Crippen LogP contribution in [-0.4, -0.2) is 84.1 Å². The number of hydrazine groups is 1. The molecule has 0 radical (unpaired) electrons. The van der Waals surface area contributed by atoms with E-state index in [1.165, 1.54) is 11.9 Å². The summed E-state index contributed by atoms with van der Waals surface area (Å²) >= 11 is 0. The van der Waals surface area contributed by atoms with Crippen LogP contribution in [-0.2, 0) is 33.4 Å². The quantitative estimate of drug-likeness (QED) is 0.413. The molecule has 3 amide bonds. The van der Waals surface area contributed by atoms with Crippen molar-refractivity contribution in [1.29, 1.82) is 0 Å². The number of ether oxygens (including phenoxy) is 3. The van der Waals surface area contributed by atoms with E-state index in [2.05, 4.69) is 16.1 Å². The largest absolute Gasteiger partial charge is 0.448 e. The molecule has 3 aliphatic rings. The minimum absolute atomic E-state index is 0.0379. The van der Waals surface area contributed by atoms with E-state index in [0.717, 1.165) is 19.2 Å². The van der Waals surface area contributed by atoms with Crippen molar-refractivity contribution >= 4 is 40.7 Å². The predicted molar refractivity (Wildman–Crippen MR) is 157 cm³/mol. The number of alkyl halides is 1. The summed E-state index contributed by atoms with van der Waals surface area (Å²) in [5, 5.41) is 7.61. The monoisotopic (exact) mass is 611 g/mol. The van der Waals surface area contributed by atoms with Crippen molar-refractivity contribution in [3.63, 3.8) is 0 Å². The van der Waals surface area contributed by atoms with Crippen LogP contribution in [0.2, 0.25) is 0 Å². The Bertz CT molecular complexity index is 1470. The zero-order chi connectivity index (χ0) is 31.6. The molecule has 2 fully saturated rings. The van der Waals surface area contributed by atoms with Crippen LogP contribution in [0.4, 0.5) is 4.39 Å². The molecule has 3 N–H and O–H groups in total. The van der Waals surface area contributed by atoms with Crippen LogP contribution in [0.5, 0.6) is 0 Å². The number of aromatic nitrogens is 1. The number of hydrogen-bond donors (Lipinski definition) is 3. The fourth-order valence-electron chi connectivity index (χ4n) is 5.42. The Balaban J connectivity index is 1.54. The zero-order valence-corrected chi connectivity index (χ0v) is 25.2. The Hall–Kier alpha value is -3.94. The molecule has 4 atom stereocenters. The normalized spacial score (nSPS) is 27.2. The van der Waals surface area contributed by atoms with Gasteiger partial charge in [-0.15, -0.1) is 0 Å². The number of hydrogen-bond acceptors (Lipinski definition) is 9. The Morgan fingerprint density at radius 1 is 1.00 bits per heavy atom. The van der Waals surface area contributed by atoms with Gasteiger partial charge in [-0.05, 0) is 58.2 Å². The first-order valence-corrected chi connectivity index (χ1v) is 14.7. The van der Waals surface area contributed by atoms with Crippen LogP contribution in [0.1, 0.15) is 57.8 Å². The molecule has 0 aliphatic carbocycles. The van der Waals surface area contributed by atoms with Gasteiger partial charge in [-0.2, -0.15) is 0 Å². The highest BCUT2D eigenvalue weighted by Crippen LogP contribution is 2.31. The molecule has 12 nitrogen and oxygen atoms in total. The highest BCUT2D eigenvalue weighted by molar-refractivity contribution is 5.92. The smallest absolute Gasteiger partial charge is 0.321 e. The number of carbonyl (C=O) groups excluding carboxylic acids is 4. The number of benzene rings is 1. The molecule has 5 bridgehead atoms. The molecule has 13 heteroatoms. The standard InChI is InChI=1S/C31H38FN5O7/c1-18-22-10-9-21-8-7-20(14-24(21)35-22)11-12-31(15-42-17-43-16-31)29(41)44-25(30(3,4)32)27(39)34-19(2)28(40)37-13-5-6-23(36-37)26(38)33-18/h7-12,14,18-19,23,25,36H,5-6,13,15-17H2,1-4H3,(H,33,38)(H,34,39)/t18-,19+,23+,25-/m1/s1. The minimum Gasteiger partial charge on any atom is -0.448 e. The molecular weight excluding hydrogens is 573 g/mol. The summed E-state index contributed by atoms with van der Waals surface area (Å²) in [6, 6.07) is 7.08. The molecule has 44 heavy (non-hydrogen) atoms. The Labute approximate surface area is 254 Å². The first-order valence-electron chi connectivity index (χ1n) is 14.7. The average molecular weight is 612 g/mol. The molecule has 1 aromatic heterocycles. The first-order chi connectivity index (χ1) is 20.9. The lowest BCUT2D eigenvalue weighted by molar-refractivity contribution is -0.196. The van der Waals surface area contributed by atoms with E-state index in [-0.39, 0.29) is 25.9 Å². The molecule has 0 saturated carbocycles. The number of esters is 1. The average Bonchev–Trinajstić information content (AvgIpc) is 3.01. The maximum Gasteiger partial charge on any atom is 0.321 e. The summed E-state index contributed by atoms with van der Waals surface area (Å²) in [6.45, 7) is 5.52. The molecule has 2 saturated heterocycles. The number of amides is 3. The second-order valence-corrected chi connectivity index (χ2v) is 12.1. The van der Waals surface area contributed by atoms with Crippen molar-refractivity contribution in [2.24, 2.45) is 5.41 Å². The number of carbonyl (C=O) groups is 4. The molecule has 1 aromatic carbocycles. The van der Waals surface area contributed by atoms with Crippen molar-refractivity contribution in [2.75, 3.05) is 26.6 Å². The Morgan fingerprint density at radius 2 is 1.70 bits per heavy atom. The summed E-state index contributed by atoms with van der Waals surface area (Å²) in [4.78, 5) is 58.2. The number of fused-ring (bicyclic) bond motifs is 4. The third kappa shape index (κ3) is 6.74. The van der Waals surface area contributed by atoms with E-state index in [0.29, 0.717) is 36.2 Å². The number of pyridine rings is 1. The van der Waals surface area contributed by atoms with Crippen LogP contribution in [0.15, 0.2) is 36.4 Å². The van der Waals surface area contributed by atoms with Crippen molar-refractivity contribution in [3.05, 3.63) is 47.7 Å². The molecule has 5 rings (SSSR count). The molecular formula is C31H38FN5O7. The Kier molecular flexibility index (Phi) is 9.00. The van der Waals surface area contributed by atoms with Crippen molar-refractivity contribution in [2.45, 2.75) is 70.4 Å². The van der Waals surface area contributed by atoms with Crippen LogP contribution < -0.4 is 16.1 Å². The van der Waals surface area contributed by atoms with Gasteiger partial charge >= 0.3 is 5.97 Å². The number of halogens is 1. The van der Waals surface area contributed by atoms with Crippen molar-refractivity contribution in [1.82, 2.24) is 26.1 Å². The van der Waals surface area contributed by atoms with E-state index in [4.69, 9.17) is 19.2 Å². The van der Waals surface area contributed by atoms with E-state index in [1.54, 1.807) is 12.2 Å². The second-order valence-electron chi connectivity index (χ2n) is 12.1. The summed E-state index contributed by atoms with van der Waals surface area (Å²) in [5.74, 6) is -2.73. The maximum absolute atomic E-state index is 15.4. The molecule has 236 valence electrons. The van der Waals surface area contributed by atoms with Gasteiger partial charge in [0.05, 0.1) is 30.5 Å². The zero-order valence-electron chi connectivity index (χ0n) is 25.2. The van der Waals surface area contributed by atoms with E-state index < -0.39 is 53.1 Å². The summed E-state index contributed by atoms with van der Waals surface area (Å²) < 4.78 is 31.8. The van der Waals surface area contributed by atoms with Crippen LogP contribution in [0, 0.1) is 5.41 Å². The molecule has 4 heterocycles. The van der Waals surface area contributed by atoms with Crippen molar-refractivity contribution < 1.29 is 37.8 Å². The first kappa shape index (κ1) is 31.5. The van der Waals surface area contributed by atoms with Gasteiger partial charge in [0.15, 0.2) is 5.67 Å². The summed E-state index contributed by atoms with van der Waals surface area (Å²) in [7, 11) is 0. The van der Waals surface area contributed by atoms with Gasteiger partial charge in [0.2, 0.25) is 12.0 Å². The van der Waals surface area contributed by atoms with Crippen LogP contribution >= 0.6 is 0 Å². The van der Waals surface area contributed by atoms with Gasteiger partial charge in [0, 0.05) is 11.9 Å². The SMILES string of the molecule is C[C@@H]1NC(=O)[C@H](C(C)(C)F)OC(=O)C2(C=Cc3ccc4ccc(nc4c3)[C@@H](C)NC(=O)[C@@H]3CCCN(N3)C1=O)COCOC2. The topological polar surface area (TPSA) is 148 Å². The predicted octanol–water partition coefficient (Wildman–Crippen LogP) is 2.09. The van der Waals surface area contributed by atoms with Gasteiger partial charge in [0.1, 0.15) is 24.3 Å². The molecule has 3 aliphatic heterocycles. The van der Waals surface area contributed by atoms with Gasteiger partial charge < -0.3 is 24.8 Å². The lowest BCUT2D eigenvalue weighted by Crippen LogP contribution is -2.62. The lowest BCUT2D eigenvalue weighted by Gasteiger charge is -2.36. The number of rotatable bonds is 1. The summed E-state index contributed by atoms with van der Waals surface area (Å²) in [6.07, 6.45) is 2.41. The van der Waals surface area contributed by atoms with Gasteiger partial charge in [-0.25, -0.2) is 9.82 Å². The van der Waals surface area contributed by atoms with Crippen LogP contribution in [0.3, 0.4) is 0 Å². The number of nitrogens with zero attached hydrogens (tertiary/aromatic N) is 2. The number of cyclic esters (lactones) is 1. The number of nitrogens with one attached hydrogen (secondary N) is 3. The van der Waals surface area contributed by atoms with Crippen LogP contribution in [0.25, 0.3) is 17.0 Å².